The number of nitrogens with zero attached hydrogens (tertiary/aromatic N) is 3. The number of hydrogen-bond acceptors (Lipinski definition) is 4. The fourth-order valence-electron chi connectivity index (χ4n) is 3.53. The van der Waals surface area contributed by atoms with Crippen LogP contribution >= 0.6 is 0 Å². The van der Waals surface area contributed by atoms with Gasteiger partial charge in [0.15, 0.2) is 5.69 Å². The Morgan fingerprint density at radius 3 is 3.04 bits per heavy atom. The molecule has 2 N–H and O–H groups in total. The van der Waals surface area contributed by atoms with Crippen molar-refractivity contribution in [3.8, 4) is 0 Å². The van der Waals surface area contributed by atoms with Crippen LogP contribution in [0.3, 0.4) is 0 Å². The molecule has 25 heavy (non-hydrogen) atoms. The largest absolute Gasteiger partial charge is 0.369 e. The highest BCUT2D eigenvalue weighted by Crippen LogP contribution is 2.30. The predicted octanol–water partition coefficient (Wildman–Crippen LogP) is 2.25. The lowest BCUT2D eigenvalue weighted by Gasteiger charge is -2.25. The van der Waals surface area contributed by atoms with Crippen molar-refractivity contribution in [2.24, 2.45) is 7.05 Å². The van der Waals surface area contributed by atoms with Gasteiger partial charge < -0.3 is 10.1 Å². The van der Waals surface area contributed by atoms with Gasteiger partial charge in [-0.2, -0.15) is 10.2 Å². The number of para-hydroxylation sites is 1. The first-order valence-corrected chi connectivity index (χ1v) is 8.46. The van der Waals surface area contributed by atoms with Gasteiger partial charge in [-0.05, 0) is 19.9 Å². The minimum Gasteiger partial charge on any atom is -0.369 e. The quantitative estimate of drug-likeness (QED) is 0.766. The molecule has 0 saturated carbocycles. The second kappa shape index (κ2) is 6.00. The smallest absolute Gasteiger partial charge is 0.272 e. The number of aromatic nitrogens is 4. The van der Waals surface area contributed by atoms with Crippen LogP contribution in [0.4, 0.5) is 0 Å². The summed E-state index contributed by atoms with van der Waals surface area (Å²) in [7, 11) is 1.90. The molecular weight excluding hydrogens is 318 g/mol. The molecule has 130 valence electrons. The molecule has 1 amide bonds. The molecule has 1 aliphatic heterocycles. The number of fused-ring (bicyclic) bond motifs is 2. The SMILES string of the molecule is C[C@@H]1Cc2c(C(=O)NCc3nn(C)c4ccccc34)n[nH]c2[C@H](C)O1. The van der Waals surface area contributed by atoms with Crippen LogP contribution in [0.1, 0.15) is 47.4 Å². The molecule has 7 nitrogen and oxygen atoms in total. The zero-order valence-electron chi connectivity index (χ0n) is 14.5. The zero-order valence-corrected chi connectivity index (χ0v) is 14.5. The third kappa shape index (κ3) is 2.70. The Labute approximate surface area is 145 Å². The monoisotopic (exact) mass is 339 g/mol. The molecule has 0 bridgehead atoms. The first kappa shape index (κ1) is 15.8. The van der Waals surface area contributed by atoms with E-state index in [2.05, 4.69) is 20.6 Å². The third-order valence-electron chi connectivity index (χ3n) is 4.70. The van der Waals surface area contributed by atoms with E-state index < -0.39 is 0 Å². The van der Waals surface area contributed by atoms with Crippen molar-refractivity contribution in [3.05, 3.63) is 46.9 Å². The van der Waals surface area contributed by atoms with Crippen LogP contribution < -0.4 is 5.32 Å². The Hall–Kier alpha value is -2.67. The van der Waals surface area contributed by atoms with Crippen molar-refractivity contribution in [2.75, 3.05) is 0 Å². The Morgan fingerprint density at radius 1 is 1.40 bits per heavy atom. The van der Waals surface area contributed by atoms with Crippen molar-refractivity contribution in [1.82, 2.24) is 25.3 Å². The maximum atomic E-state index is 12.6. The van der Waals surface area contributed by atoms with Crippen molar-refractivity contribution in [3.63, 3.8) is 0 Å². The lowest BCUT2D eigenvalue weighted by atomic mass is 9.99. The van der Waals surface area contributed by atoms with Crippen LogP contribution in [0.25, 0.3) is 10.9 Å². The highest BCUT2D eigenvalue weighted by molar-refractivity contribution is 5.94. The molecule has 0 spiro atoms. The van der Waals surface area contributed by atoms with Crippen LogP contribution in [0.2, 0.25) is 0 Å². The lowest BCUT2D eigenvalue weighted by Crippen LogP contribution is -2.27. The van der Waals surface area contributed by atoms with Gasteiger partial charge in [0.1, 0.15) is 0 Å². The molecule has 0 saturated heterocycles. The van der Waals surface area contributed by atoms with Crippen molar-refractivity contribution < 1.29 is 9.53 Å². The number of amides is 1. The van der Waals surface area contributed by atoms with Gasteiger partial charge in [0.2, 0.25) is 0 Å². The Balaban J connectivity index is 1.55. The normalized spacial score (nSPS) is 19.8. The van der Waals surface area contributed by atoms with E-state index in [-0.39, 0.29) is 18.1 Å². The van der Waals surface area contributed by atoms with E-state index >= 15 is 0 Å². The molecule has 7 heteroatoms. The van der Waals surface area contributed by atoms with Crippen LogP contribution in [0.5, 0.6) is 0 Å². The molecule has 0 fully saturated rings. The van der Waals surface area contributed by atoms with Crippen LogP contribution in [0.15, 0.2) is 24.3 Å². The number of hydrogen-bond donors (Lipinski definition) is 2. The summed E-state index contributed by atoms with van der Waals surface area (Å²) in [5.41, 5.74) is 4.20. The van der Waals surface area contributed by atoms with Gasteiger partial charge in [-0.3, -0.25) is 14.6 Å². The van der Waals surface area contributed by atoms with Crippen molar-refractivity contribution in [2.45, 2.75) is 39.0 Å². The number of carbonyl (C=O) groups excluding carboxylic acids is 1. The lowest BCUT2D eigenvalue weighted by molar-refractivity contribution is -0.00697. The van der Waals surface area contributed by atoms with Gasteiger partial charge in [0, 0.05) is 24.4 Å². The summed E-state index contributed by atoms with van der Waals surface area (Å²) in [4.78, 5) is 12.6. The number of H-pyrrole nitrogens is 1. The summed E-state index contributed by atoms with van der Waals surface area (Å²) < 4.78 is 7.60. The number of rotatable bonds is 3. The van der Waals surface area contributed by atoms with E-state index in [1.54, 1.807) is 0 Å². The van der Waals surface area contributed by atoms with E-state index in [1.165, 1.54) is 0 Å². The summed E-state index contributed by atoms with van der Waals surface area (Å²) in [6, 6.07) is 7.98. The van der Waals surface area contributed by atoms with E-state index in [9.17, 15) is 4.79 Å². The molecule has 1 aromatic carbocycles. The number of ether oxygens (including phenoxy) is 1. The molecule has 2 aromatic heterocycles. The number of nitrogens with one attached hydrogen (secondary N) is 2. The summed E-state index contributed by atoms with van der Waals surface area (Å²) in [6.07, 6.45) is 0.685. The molecular formula is C18H21N5O2. The Morgan fingerprint density at radius 2 is 2.20 bits per heavy atom. The molecule has 0 unspecified atom stereocenters. The number of aromatic amines is 1. The maximum Gasteiger partial charge on any atom is 0.272 e. The molecule has 0 radical (unpaired) electrons. The van der Waals surface area contributed by atoms with Gasteiger partial charge >= 0.3 is 0 Å². The standard InChI is InChI=1S/C18H21N5O2/c1-10-8-13-16(11(2)25-10)20-21-17(13)18(24)19-9-14-12-6-4-5-7-15(12)23(3)22-14/h4-7,10-11H,8-9H2,1-3H3,(H,19,24)(H,20,21)/t10-,11+/m1/s1. The fourth-order valence-corrected chi connectivity index (χ4v) is 3.53. The topological polar surface area (TPSA) is 84.8 Å². The van der Waals surface area contributed by atoms with Crippen LogP contribution in [-0.2, 0) is 24.8 Å². The first-order chi connectivity index (χ1) is 12.0. The molecule has 0 aliphatic carbocycles. The highest BCUT2D eigenvalue weighted by Gasteiger charge is 2.29. The molecule has 4 rings (SSSR count). The average molecular weight is 339 g/mol. The number of aryl methyl sites for hydroxylation is 1. The predicted molar refractivity (Wildman–Crippen MR) is 93.1 cm³/mol. The van der Waals surface area contributed by atoms with Crippen molar-refractivity contribution >= 4 is 16.8 Å². The summed E-state index contributed by atoms with van der Waals surface area (Å²) in [5.74, 6) is -0.187. The zero-order chi connectivity index (χ0) is 17.6. The van der Waals surface area contributed by atoms with E-state index in [0.29, 0.717) is 18.7 Å². The maximum absolute atomic E-state index is 12.6. The third-order valence-corrected chi connectivity index (χ3v) is 4.70. The minimum atomic E-state index is -0.187. The summed E-state index contributed by atoms with van der Waals surface area (Å²) in [5, 5.41) is 15.7. The first-order valence-electron chi connectivity index (χ1n) is 8.46. The average Bonchev–Trinajstić information content (AvgIpc) is 3.15. The molecule has 2 atom stereocenters. The van der Waals surface area contributed by atoms with Gasteiger partial charge in [-0.1, -0.05) is 18.2 Å². The van der Waals surface area contributed by atoms with E-state index in [4.69, 9.17) is 4.74 Å². The molecule has 1 aliphatic rings. The van der Waals surface area contributed by atoms with Crippen LogP contribution in [-0.4, -0.2) is 32.0 Å². The van der Waals surface area contributed by atoms with Gasteiger partial charge in [-0.25, -0.2) is 0 Å². The van der Waals surface area contributed by atoms with Crippen molar-refractivity contribution in [1.29, 1.82) is 0 Å². The molecule has 3 aromatic rings. The van der Waals surface area contributed by atoms with Gasteiger partial charge in [-0.15, -0.1) is 0 Å². The second-order valence-corrected chi connectivity index (χ2v) is 6.53. The Bertz CT molecular complexity index is 942. The minimum absolute atomic E-state index is 0.0754. The second-order valence-electron chi connectivity index (χ2n) is 6.53. The van der Waals surface area contributed by atoms with Gasteiger partial charge in [0.25, 0.3) is 5.91 Å². The van der Waals surface area contributed by atoms with E-state index in [1.807, 2.05) is 49.8 Å². The van der Waals surface area contributed by atoms with Gasteiger partial charge in [0.05, 0.1) is 35.7 Å². The number of carbonyl (C=O) groups is 1. The summed E-state index contributed by atoms with van der Waals surface area (Å²) >= 11 is 0. The van der Waals surface area contributed by atoms with E-state index in [0.717, 1.165) is 27.9 Å². The number of benzene rings is 1. The fraction of sp³-hybridized carbons (Fsp3) is 0.389. The highest BCUT2D eigenvalue weighted by atomic mass is 16.5. The Kier molecular flexibility index (Phi) is 3.80. The van der Waals surface area contributed by atoms with Crippen LogP contribution in [0, 0.1) is 0 Å². The summed E-state index contributed by atoms with van der Waals surface area (Å²) in [6.45, 7) is 4.34. The molecule has 3 heterocycles.